The molecule has 0 aliphatic rings. The van der Waals surface area contributed by atoms with Crippen molar-refractivity contribution < 1.29 is 23.4 Å². The van der Waals surface area contributed by atoms with Gasteiger partial charge < -0.3 is 9.84 Å². The highest BCUT2D eigenvalue weighted by molar-refractivity contribution is 6.35. The summed E-state index contributed by atoms with van der Waals surface area (Å²) in [7, 11) is 1.37. The predicted octanol–water partition coefficient (Wildman–Crippen LogP) is 4.78. The summed E-state index contributed by atoms with van der Waals surface area (Å²) in [5.41, 5.74) is -1.56. The molecule has 1 unspecified atom stereocenters. The lowest BCUT2D eigenvalue weighted by Gasteiger charge is -2.39. The van der Waals surface area contributed by atoms with E-state index in [2.05, 4.69) is 4.98 Å². The molecular weight excluding hydrogens is 444 g/mol. The summed E-state index contributed by atoms with van der Waals surface area (Å²) in [6, 6.07) is 6.15. The molecule has 7 nitrogen and oxygen atoms in total. The number of aromatic nitrogens is 2. The van der Waals surface area contributed by atoms with Crippen molar-refractivity contribution in [2.75, 3.05) is 13.7 Å². The van der Waals surface area contributed by atoms with Gasteiger partial charge in [0.1, 0.15) is 23.5 Å². The first kappa shape index (κ1) is 23.6. The van der Waals surface area contributed by atoms with Crippen LogP contribution in [0.1, 0.15) is 32.6 Å². The second-order valence-corrected chi connectivity index (χ2v) is 8.57. The van der Waals surface area contributed by atoms with Crippen LogP contribution in [0.3, 0.4) is 0 Å². The van der Waals surface area contributed by atoms with E-state index in [1.54, 1.807) is 32.9 Å². The second-order valence-electron chi connectivity index (χ2n) is 8.17. The monoisotopic (exact) mass is 465 g/mol. The van der Waals surface area contributed by atoms with E-state index in [1.807, 2.05) is 0 Å². The Bertz CT molecular complexity index is 1220. The first-order valence-corrected chi connectivity index (χ1v) is 10.0. The molecule has 1 N–H and O–H groups in total. The van der Waals surface area contributed by atoms with Crippen LogP contribution >= 0.6 is 11.6 Å². The number of methoxy groups -OCH3 is 1. The van der Waals surface area contributed by atoms with Crippen LogP contribution in [0.2, 0.25) is 5.02 Å². The minimum absolute atomic E-state index is 0.0383. The number of amides is 1. The number of fused-ring (bicyclic) bond motifs is 1. The van der Waals surface area contributed by atoms with E-state index in [-0.39, 0.29) is 34.0 Å². The van der Waals surface area contributed by atoms with E-state index < -0.39 is 34.9 Å². The number of rotatable bonds is 5. The molecule has 170 valence electrons. The van der Waals surface area contributed by atoms with Gasteiger partial charge in [0.05, 0.1) is 28.2 Å². The molecular formula is C22H22ClF2N3O4. The standard InChI is InChI=1S/C22H22ClF2N3O4/c1-22(2,3)28(21(30)31)17(11-32-4)19-26-16-7-5-6-15(23)18(16)20(29)27(19)14-9-12(24)8-13(25)10-14/h5-10,17H,11H2,1-4H3,(H,30,31). The topological polar surface area (TPSA) is 84.7 Å². The van der Waals surface area contributed by atoms with Crippen molar-refractivity contribution in [2.45, 2.75) is 32.4 Å². The number of carboxylic acid groups (broad SMARTS) is 1. The molecule has 0 aliphatic carbocycles. The Balaban J connectivity index is 2.48. The minimum Gasteiger partial charge on any atom is -0.465 e. The van der Waals surface area contributed by atoms with E-state index >= 15 is 0 Å². The number of benzene rings is 2. The van der Waals surface area contributed by atoms with Gasteiger partial charge in [0, 0.05) is 18.7 Å². The number of ether oxygens (including phenoxy) is 1. The number of hydrogen-bond acceptors (Lipinski definition) is 4. The Hall–Kier alpha value is -3.04. The van der Waals surface area contributed by atoms with Crippen molar-refractivity contribution >= 4 is 28.6 Å². The lowest BCUT2D eigenvalue weighted by atomic mass is 10.0. The Morgan fingerprint density at radius 1 is 1.25 bits per heavy atom. The summed E-state index contributed by atoms with van der Waals surface area (Å²) in [5, 5.41) is 10.1. The fourth-order valence-corrected chi connectivity index (χ4v) is 3.91. The summed E-state index contributed by atoms with van der Waals surface area (Å²) in [5.74, 6) is -1.88. The first-order valence-electron chi connectivity index (χ1n) is 9.64. The molecule has 0 radical (unpaired) electrons. The third-order valence-electron chi connectivity index (χ3n) is 4.84. The highest BCUT2D eigenvalue weighted by Gasteiger charge is 2.37. The molecule has 2 aromatic carbocycles. The van der Waals surface area contributed by atoms with Crippen molar-refractivity contribution in [3.05, 3.63) is 69.2 Å². The van der Waals surface area contributed by atoms with Crippen molar-refractivity contribution in [3.8, 4) is 5.69 Å². The highest BCUT2D eigenvalue weighted by atomic mass is 35.5. The van der Waals surface area contributed by atoms with Gasteiger partial charge in [-0.2, -0.15) is 0 Å². The largest absolute Gasteiger partial charge is 0.465 e. The van der Waals surface area contributed by atoms with Crippen LogP contribution in [0.4, 0.5) is 13.6 Å². The quantitative estimate of drug-likeness (QED) is 0.586. The molecule has 0 aliphatic heterocycles. The lowest BCUT2D eigenvalue weighted by Crippen LogP contribution is -2.50. The first-order chi connectivity index (χ1) is 15.0. The van der Waals surface area contributed by atoms with E-state index in [9.17, 15) is 23.5 Å². The van der Waals surface area contributed by atoms with Gasteiger partial charge in [-0.15, -0.1) is 0 Å². The summed E-state index contributed by atoms with van der Waals surface area (Å²) >= 11 is 6.23. The Morgan fingerprint density at radius 3 is 2.41 bits per heavy atom. The van der Waals surface area contributed by atoms with E-state index in [0.717, 1.165) is 21.6 Å². The second kappa shape index (κ2) is 8.84. The number of hydrogen-bond donors (Lipinski definition) is 1. The van der Waals surface area contributed by atoms with Gasteiger partial charge in [0.15, 0.2) is 0 Å². The van der Waals surface area contributed by atoms with E-state index in [1.165, 1.54) is 13.2 Å². The zero-order valence-electron chi connectivity index (χ0n) is 17.9. The highest BCUT2D eigenvalue weighted by Crippen LogP contribution is 2.31. The number of nitrogens with zero attached hydrogens (tertiary/aromatic N) is 3. The van der Waals surface area contributed by atoms with Crippen LogP contribution in [0.25, 0.3) is 16.6 Å². The summed E-state index contributed by atoms with van der Waals surface area (Å²) in [4.78, 5) is 31.3. The van der Waals surface area contributed by atoms with Crippen LogP contribution in [-0.2, 0) is 4.74 Å². The van der Waals surface area contributed by atoms with Gasteiger partial charge >= 0.3 is 6.09 Å². The molecule has 0 spiro atoms. The van der Waals surface area contributed by atoms with Crippen LogP contribution in [0.15, 0.2) is 41.2 Å². The van der Waals surface area contributed by atoms with Crippen LogP contribution in [0, 0.1) is 11.6 Å². The van der Waals surface area contributed by atoms with Gasteiger partial charge in [0.2, 0.25) is 0 Å². The van der Waals surface area contributed by atoms with Crippen molar-refractivity contribution in [2.24, 2.45) is 0 Å². The lowest BCUT2D eigenvalue weighted by molar-refractivity contribution is 0.0296. The fourth-order valence-electron chi connectivity index (χ4n) is 3.66. The summed E-state index contributed by atoms with van der Waals surface area (Å²) < 4.78 is 34.4. The zero-order chi connectivity index (χ0) is 23.8. The Kier molecular flexibility index (Phi) is 6.52. The molecule has 1 amide bonds. The van der Waals surface area contributed by atoms with E-state index in [0.29, 0.717) is 6.07 Å². The van der Waals surface area contributed by atoms with Gasteiger partial charge in [0.25, 0.3) is 5.56 Å². The van der Waals surface area contributed by atoms with Crippen molar-refractivity contribution in [1.82, 2.24) is 14.5 Å². The van der Waals surface area contributed by atoms with Crippen molar-refractivity contribution in [1.29, 1.82) is 0 Å². The Morgan fingerprint density at radius 2 is 1.88 bits per heavy atom. The van der Waals surface area contributed by atoms with Gasteiger partial charge in [-0.25, -0.2) is 18.6 Å². The van der Waals surface area contributed by atoms with Gasteiger partial charge in [-0.3, -0.25) is 14.3 Å². The molecule has 1 aromatic heterocycles. The molecule has 32 heavy (non-hydrogen) atoms. The molecule has 1 atom stereocenters. The normalized spacial score (nSPS) is 12.7. The zero-order valence-corrected chi connectivity index (χ0v) is 18.7. The molecule has 0 bridgehead atoms. The van der Waals surface area contributed by atoms with E-state index in [4.69, 9.17) is 16.3 Å². The molecule has 10 heteroatoms. The third kappa shape index (κ3) is 4.44. The smallest absolute Gasteiger partial charge is 0.408 e. The molecule has 0 fully saturated rings. The average molecular weight is 466 g/mol. The van der Waals surface area contributed by atoms with Crippen LogP contribution < -0.4 is 5.56 Å². The van der Waals surface area contributed by atoms with Crippen LogP contribution in [-0.4, -0.2) is 44.9 Å². The molecule has 3 aromatic rings. The minimum atomic E-state index is -1.28. The number of halogens is 3. The maximum absolute atomic E-state index is 14.1. The maximum Gasteiger partial charge on any atom is 0.408 e. The SMILES string of the molecule is COCC(c1nc2cccc(Cl)c2c(=O)n1-c1cc(F)cc(F)c1)N(C(=O)O)C(C)(C)C. The average Bonchev–Trinajstić information content (AvgIpc) is 2.65. The number of carbonyl (C=O) groups is 1. The fraction of sp³-hybridized carbons (Fsp3) is 0.318. The van der Waals surface area contributed by atoms with Gasteiger partial charge in [-0.1, -0.05) is 17.7 Å². The molecule has 0 saturated heterocycles. The summed E-state index contributed by atoms with van der Waals surface area (Å²) in [6.07, 6.45) is -1.28. The molecule has 0 saturated carbocycles. The van der Waals surface area contributed by atoms with Gasteiger partial charge in [-0.05, 0) is 45.0 Å². The van der Waals surface area contributed by atoms with Crippen molar-refractivity contribution in [3.63, 3.8) is 0 Å². The van der Waals surface area contributed by atoms with Crippen LogP contribution in [0.5, 0.6) is 0 Å². The predicted molar refractivity (Wildman–Crippen MR) is 116 cm³/mol. The Labute approximate surface area is 187 Å². The maximum atomic E-state index is 14.1. The third-order valence-corrected chi connectivity index (χ3v) is 5.16. The molecule has 3 rings (SSSR count). The summed E-state index contributed by atoms with van der Waals surface area (Å²) in [6.45, 7) is 4.85. The molecule has 1 heterocycles.